The predicted octanol–water partition coefficient (Wildman–Crippen LogP) is 3.59. The number of rotatable bonds is 4. The minimum Gasteiger partial charge on any atom is -0.356 e. The average molecular weight is 427 g/mol. The molecule has 6 nitrogen and oxygen atoms in total. The lowest BCUT2D eigenvalue weighted by molar-refractivity contribution is 0.211. The van der Waals surface area contributed by atoms with Crippen molar-refractivity contribution in [1.82, 2.24) is 19.6 Å². The molecule has 2 aliphatic rings. The highest BCUT2D eigenvalue weighted by Crippen LogP contribution is 2.32. The first-order valence-corrected chi connectivity index (χ1v) is 9.23. The van der Waals surface area contributed by atoms with E-state index in [-0.39, 0.29) is 24.2 Å². The highest BCUT2D eigenvalue weighted by molar-refractivity contribution is 5.79. The summed E-state index contributed by atoms with van der Waals surface area (Å²) in [6.07, 6.45) is -11.0. The van der Waals surface area contributed by atoms with E-state index in [0.29, 0.717) is 12.8 Å². The van der Waals surface area contributed by atoms with Crippen molar-refractivity contribution in [3.63, 3.8) is 0 Å². The maximum absolute atomic E-state index is 13.8. The first kappa shape index (κ1) is 8.54. The molecule has 0 bridgehead atoms. The van der Waals surface area contributed by atoms with Gasteiger partial charge < -0.3 is 9.42 Å². The third-order valence-corrected chi connectivity index (χ3v) is 4.83. The van der Waals surface area contributed by atoms with Gasteiger partial charge in [0, 0.05) is 70.0 Å². The van der Waals surface area contributed by atoms with Crippen LogP contribution in [-0.2, 0) is 19.3 Å². The van der Waals surface area contributed by atoms with E-state index in [1.54, 1.807) is 0 Å². The summed E-state index contributed by atoms with van der Waals surface area (Å²) in [4.78, 5) is 16.9. The second-order valence-corrected chi connectivity index (χ2v) is 6.76. The Morgan fingerprint density at radius 3 is 3.10 bits per heavy atom. The fraction of sp³-hybridized carbons (Fsp3) is 0.522. The zero-order chi connectivity index (χ0) is 34.8. The molecule has 7 heteroatoms. The summed E-state index contributed by atoms with van der Waals surface area (Å²) in [7, 11) is 0. The molecule has 0 radical (unpaired) electrons. The van der Waals surface area contributed by atoms with E-state index in [2.05, 4.69) is 10.1 Å². The monoisotopic (exact) mass is 426 g/mol. The second kappa shape index (κ2) is 7.95. The van der Waals surface area contributed by atoms with E-state index in [0.717, 1.165) is 22.8 Å². The summed E-state index contributed by atoms with van der Waals surface area (Å²) in [5.41, 5.74) is -5.30. The number of aromatic nitrogens is 3. The van der Waals surface area contributed by atoms with E-state index in [4.69, 9.17) is 26.5 Å². The largest absolute Gasteiger partial charge is 0.356 e. The van der Waals surface area contributed by atoms with Gasteiger partial charge in [-0.15, -0.1) is 0 Å². The molecule has 2 aromatic heterocycles. The maximum Gasteiger partial charge on any atom is 0.256 e. The van der Waals surface area contributed by atoms with Crippen molar-refractivity contribution < 1.29 is 30.8 Å². The summed E-state index contributed by atoms with van der Waals surface area (Å²) >= 11 is 0. The van der Waals surface area contributed by atoms with Crippen molar-refractivity contribution in [3.8, 4) is 0 Å². The minimum absolute atomic E-state index is 0.0162. The van der Waals surface area contributed by atoms with Gasteiger partial charge in [0.1, 0.15) is 11.6 Å². The summed E-state index contributed by atoms with van der Waals surface area (Å²) in [6, 6.07) is 2.53. The van der Waals surface area contributed by atoms with Crippen molar-refractivity contribution in [2.75, 3.05) is 19.5 Å². The maximum atomic E-state index is 13.8. The molecule has 0 aliphatic carbocycles. The molecular formula is C23H27FN4O2. The van der Waals surface area contributed by atoms with Crippen LogP contribution in [-0.4, -0.2) is 39.1 Å². The molecule has 0 saturated carbocycles. The number of piperidine rings is 1. The smallest absolute Gasteiger partial charge is 0.256 e. The fourth-order valence-electron chi connectivity index (χ4n) is 3.35. The van der Waals surface area contributed by atoms with Gasteiger partial charge in [-0.2, -0.15) is 0 Å². The number of benzene rings is 1. The molecule has 0 N–H and O–H groups in total. The van der Waals surface area contributed by atoms with Crippen LogP contribution >= 0.6 is 0 Å². The average Bonchev–Trinajstić information content (AvgIpc) is 3.33. The van der Waals surface area contributed by atoms with E-state index in [1.807, 2.05) is 0 Å². The molecule has 3 aromatic rings. The molecule has 1 fully saturated rings. The van der Waals surface area contributed by atoms with Crippen LogP contribution in [0, 0.1) is 12.7 Å². The van der Waals surface area contributed by atoms with Gasteiger partial charge in [-0.25, -0.2) is 9.37 Å². The Hall–Kier alpha value is -2.54. The van der Waals surface area contributed by atoms with Gasteiger partial charge in [0.15, 0.2) is 5.58 Å². The van der Waals surface area contributed by atoms with Crippen molar-refractivity contribution in [2.24, 2.45) is 0 Å². The predicted molar refractivity (Wildman–Crippen MR) is 112 cm³/mol. The Balaban J connectivity index is 1.78. The van der Waals surface area contributed by atoms with Gasteiger partial charge in [-0.05, 0) is 63.9 Å². The number of halogens is 1. The number of aryl methyl sites for hydroxylation is 2. The molecule has 30 heavy (non-hydrogen) atoms. The number of nitrogens with zero attached hydrogens (tertiary/aromatic N) is 4. The minimum atomic E-state index is -4.25. The Kier molecular flexibility index (Phi) is 2.26. The molecule has 1 aromatic carbocycles. The molecule has 4 heterocycles. The number of hydrogen-bond donors (Lipinski definition) is 0. The first-order valence-electron chi connectivity index (χ1n) is 17.2. The van der Waals surface area contributed by atoms with Crippen LogP contribution < -0.4 is 5.56 Å². The molecule has 0 amide bonds. The van der Waals surface area contributed by atoms with Crippen LogP contribution in [0.15, 0.2) is 27.5 Å². The Bertz CT molecular complexity index is 1760. The zero-order valence-electron chi connectivity index (χ0n) is 31.5. The summed E-state index contributed by atoms with van der Waals surface area (Å²) in [6.45, 7) is -15.9. The molecule has 2 aliphatic heterocycles. The van der Waals surface area contributed by atoms with Crippen molar-refractivity contribution in [3.05, 3.63) is 57.1 Å². The summed E-state index contributed by atoms with van der Waals surface area (Å²) in [5, 5.41) is 3.11. The number of fused-ring (bicyclic) bond motifs is 2. The van der Waals surface area contributed by atoms with Gasteiger partial charge in [-0.3, -0.25) is 9.36 Å². The van der Waals surface area contributed by atoms with E-state index in [1.165, 1.54) is 0 Å². The van der Waals surface area contributed by atoms with Gasteiger partial charge in [0.05, 0.1) is 5.69 Å². The molecule has 0 spiro atoms. The van der Waals surface area contributed by atoms with Crippen LogP contribution in [0.2, 0.25) is 0 Å². The van der Waals surface area contributed by atoms with E-state index in [9.17, 15) is 9.18 Å². The lowest BCUT2D eigenvalue weighted by Crippen LogP contribution is -2.37. The van der Waals surface area contributed by atoms with Gasteiger partial charge >= 0.3 is 0 Å². The molecule has 0 atom stereocenters. The standard InChI is InChI=1S/C23H27FN4O2/c1-15-18(23(29)28-10-3-2-4-21(28)25-15)9-13-27-11-7-16(8-12-27)22-19-6-5-17(24)14-20(19)30-26-22/h5-6,14,16H,2-4,7-13H2,1H3/i1D3,7D2,8D2,9D2,11D2,12D2,13D2,16D. The highest BCUT2D eigenvalue weighted by atomic mass is 19.1. The van der Waals surface area contributed by atoms with Crippen LogP contribution in [0.5, 0.6) is 0 Å². The number of hydrogen-bond acceptors (Lipinski definition) is 5. The lowest BCUT2D eigenvalue weighted by Gasteiger charge is -2.31. The number of likely N-dealkylation sites (tertiary alicyclic amines) is 1. The SMILES string of the molecule is [2H]C([2H])([2H])c1nc2n(c(=O)c1C([2H])([2H])C([2H])([2H])N1C([2H])([2H])C([2H])([2H])C([2H])(c3noc4cc(F)ccc34)C([2H])([2H])C1([2H])[2H])CCCC2. The van der Waals surface area contributed by atoms with E-state index < -0.39 is 90.2 Å². The highest BCUT2D eigenvalue weighted by Gasteiger charge is 2.25. The molecule has 1 saturated heterocycles. The van der Waals surface area contributed by atoms with Gasteiger partial charge in [-0.1, -0.05) is 5.16 Å². The third-order valence-electron chi connectivity index (χ3n) is 4.83. The zero-order valence-corrected chi connectivity index (χ0v) is 15.5. The molecule has 158 valence electrons. The Labute approximate surface area is 197 Å². The molecular weight excluding hydrogens is 383 g/mol. The quantitative estimate of drug-likeness (QED) is 0.638. The normalized spacial score (nSPS) is 35.1. The summed E-state index contributed by atoms with van der Waals surface area (Å²) < 4.78 is 158. The Morgan fingerprint density at radius 2 is 2.27 bits per heavy atom. The van der Waals surface area contributed by atoms with Crippen molar-refractivity contribution in [2.45, 2.75) is 57.7 Å². The molecule has 0 unspecified atom stereocenters. The lowest BCUT2D eigenvalue weighted by atomic mass is 9.91. The van der Waals surface area contributed by atoms with E-state index >= 15 is 0 Å². The van der Waals surface area contributed by atoms with Crippen molar-refractivity contribution in [1.29, 1.82) is 0 Å². The third kappa shape index (κ3) is 3.55. The fourth-order valence-corrected chi connectivity index (χ4v) is 3.35. The van der Waals surface area contributed by atoms with Crippen LogP contribution in [0.4, 0.5) is 4.39 Å². The van der Waals surface area contributed by atoms with Crippen LogP contribution in [0.1, 0.15) is 76.2 Å². The first-order chi connectivity index (χ1) is 20.7. The topological polar surface area (TPSA) is 64.2 Å². The molecule has 5 rings (SSSR count). The van der Waals surface area contributed by atoms with Crippen LogP contribution in [0.3, 0.4) is 0 Å². The Morgan fingerprint density at radius 1 is 1.40 bits per heavy atom. The second-order valence-electron chi connectivity index (χ2n) is 6.76. The summed E-state index contributed by atoms with van der Waals surface area (Å²) in [5.74, 6) is -4.59. The van der Waals surface area contributed by atoms with Gasteiger partial charge in [0.25, 0.3) is 5.56 Å². The van der Waals surface area contributed by atoms with Crippen molar-refractivity contribution >= 4 is 11.0 Å². The van der Waals surface area contributed by atoms with Crippen LogP contribution in [0.25, 0.3) is 11.0 Å². The van der Waals surface area contributed by atoms with Gasteiger partial charge in [0.2, 0.25) is 0 Å².